The van der Waals surface area contributed by atoms with E-state index in [9.17, 15) is 13.6 Å². The molecule has 0 aliphatic carbocycles. The van der Waals surface area contributed by atoms with Crippen LogP contribution in [0.1, 0.15) is 24.2 Å². The van der Waals surface area contributed by atoms with E-state index < -0.39 is 17.5 Å². The molecule has 1 aromatic carbocycles. The Hall–Kier alpha value is -0.970. The molecule has 16 heavy (non-hydrogen) atoms. The lowest BCUT2D eigenvalue weighted by molar-refractivity contribution is 0.0767. The van der Waals surface area contributed by atoms with Gasteiger partial charge >= 0.3 is 0 Å². The van der Waals surface area contributed by atoms with E-state index in [1.54, 1.807) is 13.8 Å². The molecule has 2 nitrogen and oxygen atoms in total. The number of carbonyl (C=O) groups excluding carboxylic acids is 1. The van der Waals surface area contributed by atoms with Crippen LogP contribution in [0.15, 0.2) is 16.6 Å². The Bertz CT molecular complexity index is 405. The summed E-state index contributed by atoms with van der Waals surface area (Å²) in [6.45, 7) is 4.50. The molecule has 0 aromatic heterocycles. The zero-order valence-corrected chi connectivity index (χ0v) is 10.6. The van der Waals surface area contributed by atoms with Crippen LogP contribution in [-0.4, -0.2) is 23.9 Å². The lowest BCUT2D eigenvalue weighted by Gasteiger charge is -2.19. The Morgan fingerprint density at radius 1 is 1.25 bits per heavy atom. The summed E-state index contributed by atoms with van der Waals surface area (Å²) in [5.74, 6) is -2.63. The molecule has 0 heterocycles. The molecule has 0 bridgehead atoms. The van der Waals surface area contributed by atoms with Crippen LogP contribution in [0.5, 0.6) is 0 Å². The fourth-order valence-electron chi connectivity index (χ4n) is 1.37. The maximum absolute atomic E-state index is 13.5. The first-order chi connectivity index (χ1) is 7.52. The maximum Gasteiger partial charge on any atom is 0.256 e. The topological polar surface area (TPSA) is 20.3 Å². The van der Waals surface area contributed by atoms with Crippen molar-refractivity contribution >= 4 is 21.8 Å². The number of carbonyl (C=O) groups is 1. The van der Waals surface area contributed by atoms with Crippen LogP contribution in [0.25, 0.3) is 0 Å². The summed E-state index contributed by atoms with van der Waals surface area (Å²) in [5, 5.41) is 0. The Morgan fingerprint density at radius 2 is 1.81 bits per heavy atom. The van der Waals surface area contributed by atoms with Crippen LogP contribution in [0.4, 0.5) is 8.78 Å². The molecule has 0 saturated carbocycles. The minimum Gasteiger partial charge on any atom is -0.339 e. The van der Waals surface area contributed by atoms with Crippen molar-refractivity contribution in [3.8, 4) is 0 Å². The van der Waals surface area contributed by atoms with E-state index in [0.29, 0.717) is 13.1 Å². The lowest BCUT2D eigenvalue weighted by Crippen LogP contribution is -2.31. The van der Waals surface area contributed by atoms with Gasteiger partial charge in [0.05, 0.1) is 10.0 Å². The predicted octanol–water partition coefficient (Wildman–Crippen LogP) is 3.21. The zero-order chi connectivity index (χ0) is 12.3. The average Bonchev–Trinajstić information content (AvgIpc) is 2.27. The summed E-state index contributed by atoms with van der Waals surface area (Å²) in [7, 11) is 0. The standard InChI is InChI=1S/C11H12BrF2NO/c1-3-15(4-2)11(16)7-5-6-8(12)10(14)9(7)13/h5-6H,3-4H2,1-2H3. The Morgan fingerprint density at radius 3 is 2.31 bits per heavy atom. The van der Waals surface area contributed by atoms with Gasteiger partial charge in [0, 0.05) is 13.1 Å². The first-order valence-electron chi connectivity index (χ1n) is 4.95. The van der Waals surface area contributed by atoms with E-state index in [4.69, 9.17) is 0 Å². The second-order valence-electron chi connectivity index (χ2n) is 3.20. The summed E-state index contributed by atoms with van der Waals surface area (Å²) >= 11 is 2.86. The van der Waals surface area contributed by atoms with Gasteiger partial charge < -0.3 is 4.90 Å². The van der Waals surface area contributed by atoms with Crippen LogP contribution < -0.4 is 0 Å². The van der Waals surface area contributed by atoms with Crippen LogP contribution in [-0.2, 0) is 0 Å². The molecule has 0 radical (unpaired) electrons. The van der Waals surface area contributed by atoms with Crippen molar-refractivity contribution in [2.24, 2.45) is 0 Å². The second-order valence-corrected chi connectivity index (χ2v) is 4.05. The van der Waals surface area contributed by atoms with Crippen molar-refractivity contribution in [3.63, 3.8) is 0 Å². The van der Waals surface area contributed by atoms with Crippen molar-refractivity contribution in [2.45, 2.75) is 13.8 Å². The zero-order valence-electron chi connectivity index (χ0n) is 9.06. The molecule has 0 unspecified atom stereocenters. The SMILES string of the molecule is CCN(CC)C(=O)c1ccc(Br)c(F)c1F. The van der Waals surface area contributed by atoms with Crippen LogP contribution in [0, 0.1) is 11.6 Å². The van der Waals surface area contributed by atoms with Gasteiger partial charge in [-0.1, -0.05) is 0 Å². The molecule has 0 atom stereocenters. The Kier molecular flexibility index (Phi) is 4.41. The van der Waals surface area contributed by atoms with E-state index in [2.05, 4.69) is 15.9 Å². The third-order valence-corrected chi connectivity index (χ3v) is 2.93. The maximum atomic E-state index is 13.5. The van der Waals surface area contributed by atoms with E-state index in [0.717, 1.165) is 0 Å². The van der Waals surface area contributed by atoms with E-state index in [1.165, 1.54) is 17.0 Å². The molecular weight excluding hydrogens is 280 g/mol. The fraction of sp³-hybridized carbons (Fsp3) is 0.364. The number of amides is 1. The van der Waals surface area contributed by atoms with E-state index >= 15 is 0 Å². The highest BCUT2D eigenvalue weighted by atomic mass is 79.9. The Balaban J connectivity index is 3.14. The highest BCUT2D eigenvalue weighted by molar-refractivity contribution is 9.10. The van der Waals surface area contributed by atoms with Crippen molar-refractivity contribution in [2.75, 3.05) is 13.1 Å². The molecule has 0 fully saturated rings. The largest absolute Gasteiger partial charge is 0.339 e. The third kappa shape index (κ3) is 2.40. The van der Waals surface area contributed by atoms with Crippen LogP contribution >= 0.6 is 15.9 Å². The van der Waals surface area contributed by atoms with Gasteiger partial charge in [0.25, 0.3) is 5.91 Å². The fourth-order valence-corrected chi connectivity index (χ4v) is 1.68. The van der Waals surface area contributed by atoms with Gasteiger partial charge in [0.15, 0.2) is 11.6 Å². The van der Waals surface area contributed by atoms with Gasteiger partial charge in [-0.25, -0.2) is 8.78 Å². The van der Waals surface area contributed by atoms with Crippen LogP contribution in [0.2, 0.25) is 0 Å². The molecule has 0 aliphatic heterocycles. The summed E-state index contributed by atoms with van der Waals surface area (Å²) in [5.41, 5.74) is -0.232. The third-order valence-electron chi connectivity index (χ3n) is 2.32. The minimum atomic E-state index is -1.11. The molecule has 1 amide bonds. The van der Waals surface area contributed by atoms with Crippen LogP contribution in [0.3, 0.4) is 0 Å². The smallest absolute Gasteiger partial charge is 0.256 e. The van der Waals surface area contributed by atoms with Gasteiger partial charge in [0.1, 0.15) is 0 Å². The van der Waals surface area contributed by atoms with Crippen molar-refractivity contribution in [3.05, 3.63) is 33.8 Å². The molecule has 0 N–H and O–H groups in total. The van der Waals surface area contributed by atoms with Gasteiger partial charge in [-0.05, 0) is 41.9 Å². The number of hydrogen-bond donors (Lipinski definition) is 0. The number of hydrogen-bond acceptors (Lipinski definition) is 1. The molecule has 0 aliphatic rings. The molecule has 1 aromatic rings. The highest BCUT2D eigenvalue weighted by Crippen LogP contribution is 2.21. The first-order valence-corrected chi connectivity index (χ1v) is 5.75. The number of halogens is 3. The van der Waals surface area contributed by atoms with E-state index in [1.807, 2.05) is 0 Å². The summed E-state index contributed by atoms with van der Waals surface area (Å²) < 4.78 is 26.7. The predicted molar refractivity (Wildman–Crippen MR) is 61.3 cm³/mol. The molecule has 0 saturated heterocycles. The number of benzene rings is 1. The second kappa shape index (κ2) is 5.39. The van der Waals surface area contributed by atoms with E-state index in [-0.39, 0.29) is 10.0 Å². The first kappa shape index (κ1) is 13.1. The quantitative estimate of drug-likeness (QED) is 0.783. The number of nitrogens with zero attached hydrogens (tertiary/aromatic N) is 1. The van der Waals surface area contributed by atoms with Crippen molar-refractivity contribution < 1.29 is 13.6 Å². The summed E-state index contributed by atoms with van der Waals surface area (Å²) in [6.07, 6.45) is 0. The normalized spacial score (nSPS) is 10.3. The molecular formula is C11H12BrF2NO. The molecule has 1 rings (SSSR count). The van der Waals surface area contributed by atoms with Crippen molar-refractivity contribution in [1.82, 2.24) is 4.90 Å². The van der Waals surface area contributed by atoms with Crippen molar-refractivity contribution in [1.29, 1.82) is 0 Å². The summed E-state index contributed by atoms with van der Waals surface area (Å²) in [4.78, 5) is 13.2. The van der Waals surface area contributed by atoms with Gasteiger partial charge in [-0.3, -0.25) is 4.79 Å². The average molecular weight is 292 g/mol. The molecule has 0 spiro atoms. The number of rotatable bonds is 3. The molecule has 88 valence electrons. The van der Waals surface area contributed by atoms with Gasteiger partial charge in [-0.2, -0.15) is 0 Å². The lowest BCUT2D eigenvalue weighted by atomic mass is 10.1. The van der Waals surface area contributed by atoms with Gasteiger partial charge in [0.2, 0.25) is 0 Å². The minimum absolute atomic E-state index is 0.0149. The summed E-state index contributed by atoms with van der Waals surface area (Å²) in [6, 6.07) is 2.61. The monoisotopic (exact) mass is 291 g/mol. The van der Waals surface area contributed by atoms with Gasteiger partial charge in [-0.15, -0.1) is 0 Å². The highest BCUT2D eigenvalue weighted by Gasteiger charge is 2.20. The Labute approximate surface area is 101 Å². The molecule has 5 heteroatoms.